The van der Waals surface area contributed by atoms with Gasteiger partial charge in [-0.15, -0.1) is 10.2 Å². The number of thioether (sulfide) groups is 1. The highest BCUT2D eigenvalue weighted by atomic mass is 32.2. The number of rotatable bonds is 6. The SMILES string of the molecule is COc1ccc(-c2nnc(SCC(=O)N3CCOC3=O)o2)cc1OC. The minimum Gasteiger partial charge on any atom is -0.493 e. The average molecular weight is 365 g/mol. The van der Waals surface area contributed by atoms with Crippen molar-refractivity contribution in [3.8, 4) is 23.0 Å². The van der Waals surface area contributed by atoms with E-state index in [0.717, 1.165) is 16.7 Å². The summed E-state index contributed by atoms with van der Waals surface area (Å²) in [5, 5.41) is 8.08. The summed E-state index contributed by atoms with van der Waals surface area (Å²) in [5.74, 6) is 1.05. The maximum absolute atomic E-state index is 11.9. The number of carbonyl (C=O) groups excluding carboxylic acids is 2. The molecule has 0 radical (unpaired) electrons. The van der Waals surface area contributed by atoms with Gasteiger partial charge >= 0.3 is 6.09 Å². The lowest BCUT2D eigenvalue weighted by Crippen LogP contribution is -2.32. The van der Waals surface area contributed by atoms with Gasteiger partial charge in [0, 0.05) is 5.56 Å². The molecule has 1 aliphatic rings. The van der Waals surface area contributed by atoms with Crippen molar-refractivity contribution in [2.75, 3.05) is 33.1 Å². The number of methoxy groups -OCH3 is 2. The molecule has 1 fully saturated rings. The summed E-state index contributed by atoms with van der Waals surface area (Å²) in [7, 11) is 3.08. The minimum absolute atomic E-state index is 0.00265. The molecule has 1 aromatic heterocycles. The van der Waals surface area contributed by atoms with Crippen LogP contribution >= 0.6 is 11.8 Å². The molecule has 9 nitrogen and oxygen atoms in total. The fraction of sp³-hybridized carbons (Fsp3) is 0.333. The minimum atomic E-state index is -0.623. The Hall–Kier alpha value is -2.75. The summed E-state index contributed by atoms with van der Waals surface area (Å²) in [6, 6.07) is 5.20. The average Bonchev–Trinajstić information content (AvgIpc) is 3.28. The lowest BCUT2D eigenvalue weighted by Gasteiger charge is -2.08. The Kier molecular flexibility index (Phi) is 5.08. The molecule has 0 unspecified atom stereocenters. The van der Waals surface area contributed by atoms with E-state index >= 15 is 0 Å². The highest BCUT2D eigenvalue weighted by Gasteiger charge is 2.28. The Morgan fingerprint density at radius 1 is 1.28 bits per heavy atom. The van der Waals surface area contributed by atoms with E-state index in [2.05, 4.69) is 10.2 Å². The Morgan fingerprint density at radius 2 is 2.08 bits per heavy atom. The van der Waals surface area contributed by atoms with Crippen LogP contribution in [0.5, 0.6) is 11.5 Å². The molecular formula is C15H15N3O6S. The standard InChI is InChI=1S/C15H15N3O6S/c1-21-10-4-3-9(7-11(10)22-2)13-16-17-14(24-13)25-8-12(19)18-5-6-23-15(18)20/h3-4,7H,5-6,8H2,1-2H3. The van der Waals surface area contributed by atoms with Crippen LogP contribution in [-0.4, -0.2) is 60.2 Å². The largest absolute Gasteiger partial charge is 0.493 e. The van der Waals surface area contributed by atoms with Gasteiger partial charge in [-0.2, -0.15) is 0 Å². The first-order valence-electron chi connectivity index (χ1n) is 7.28. The molecule has 2 aromatic rings. The van der Waals surface area contributed by atoms with E-state index in [4.69, 9.17) is 18.6 Å². The number of nitrogens with zero attached hydrogens (tertiary/aromatic N) is 3. The van der Waals surface area contributed by atoms with Gasteiger partial charge < -0.3 is 18.6 Å². The van der Waals surface area contributed by atoms with Gasteiger partial charge in [0.2, 0.25) is 11.8 Å². The number of ether oxygens (including phenoxy) is 3. The third kappa shape index (κ3) is 3.68. The molecule has 2 amide bonds. The van der Waals surface area contributed by atoms with E-state index in [0.29, 0.717) is 17.1 Å². The zero-order valence-electron chi connectivity index (χ0n) is 13.6. The van der Waals surface area contributed by atoms with Crippen LogP contribution in [-0.2, 0) is 9.53 Å². The van der Waals surface area contributed by atoms with Gasteiger partial charge in [0.15, 0.2) is 11.5 Å². The number of hydrogen-bond acceptors (Lipinski definition) is 9. The van der Waals surface area contributed by atoms with Gasteiger partial charge in [0.25, 0.3) is 5.22 Å². The molecule has 0 bridgehead atoms. The molecule has 1 aromatic carbocycles. The quantitative estimate of drug-likeness (QED) is 0.709. The van der Waals surface area contributed by atoms with Crippen molar-refractivity contribution in [3.05, 3.63) is 18.2 Å². The summed E-state index contributed by atoms with van der Waals surface area (Å²) in [5.41, 5.74) is 0.659. The smallest absolute Gasteiger partial charge is 0.416 e. The van der Waals surface area contributed by atoms with Crippen molar-refractivity contribution in [2.45, 2.75) is 5.22 Å². The van der Waals surface area contributed by atoms with E-state index < -0.39 is 6.09 Å². The highest BCUT2D eigenvalue weighted by Crippen LogP contribution is 2.32. The first-order chi connectivity index (χ1) is 12.1. The normalized spacial score (nSPS) is 13.7. The predicted octanol–water partition coefficient (Wildman–Crippen LogP) is 1.82. The monoisotopic (exact) mass is 365 g/mol. The Labute approximate surface area is 147 Å². The molecule has 2 heterocycles. The molecule has 1 saturated heterocycles. The molecule has 3 rings (SSSR count). The van der Waals surface area contributed by atoms with Crippen molar-refractivity contribution in [1.29, 1.82) is 0 Å². The zero-order chi connectivity index (χ0) is 17.8. The zero-order valence-corrected chi connectivity index (χ0v) is 14.4. The third-order valence-electron chi connectivity index (χ3n) is 3.42. The second-order valence-electron chi connectivity index (χ2n) is 4.89. The summed E-state index contributed by atoms with van der Waals surface area (Å²) in [4.78, 5) is 24.3. The molecule has 25 heavy (non-hydrogen) atoms. The Morgan fingerprint density at radius 3 is 2.76 bits per heavy atom. The molecule has 0 N–H and O–H groups in total. The number of imide groups is 1. The van der Waals surface area contributed by atoms with Crippen LogP contribution in [0.25, 0.3) is 11.5 Å². The lowest BCUT2D eigenvalue weighted by atomic mass is 10.2. The van der Waals surface area contributed by atoms with Crippen LogP contribution in [0.15, 0.2) is 27.8 Å². The number of aromatic nitrogens is 2. The number of cyclic esters (lactones) is 1. The highest BCUT2D eigenvalue weighted by molar-refractivity contribution is 7.99. The number of carbonyl (C=O) groups is 2. The van der Waals surface area contributed by atoms with Crippen LogP contribution in [0, 0.1) is 0 Å². The van der Waals surface area contributed by atoms with Crippen molar-refractivity contribution >= 4 is 23.8 Å². The van der Waals surface area contributed by atoms with Crippen LogP contribution in [0.1, 0.15) is 0 Å². The molecule has 0 saturated carbocycles. The van der Waals surface area contributed by atoms with Gasteiger partial charge in [-0.05, 0) is 18.2 Å². The van der Waals surface area contributed by atoms with E-state index in [1.807, 2.05) is 0 Å². The van der Waals surface area contributed by atoms with E-state index in [9.17, 15) is 9.59 Å². The third-order valence-corrected chi connectivity index (χ3v) is 4.22. The molecule has 0 atom stereocenters. The second-order valence-corrected chi connectivity index (χ2v) is 5.82. The number of amides is 2. The van der Waals surface area contributed by atoms with Crippen LogP contribution < -0.4 is 9.47 Å². The van der Waals surface area contributed by atoms with Gasteiger partial charge in [0.1, 0.15) is 6.61 Å². The molecule has 132 valence electrons. The van der Waals surface area contributed by atoms with Crippen molar-refractivity contribution in [2.24, 2.45) is 0 Å². The number of hydrogen-bond donors (Lipinski definition) is 0. The van der Waals surface area contributed by atoms with Gasteiger partial charge in [-0.1, -0.05) is 11.8 Å². The first-order valence-corrected chi connectivity index (χ1v) is 8.26. The molecule has 1 aliphatic heterocycles. The van der Waals surface area contributed by atoms with Gasteiger partial charge in [0.05, 0.1) is 26.5 Å². The lowest BCUT2D eigenvalue weighted by molar-refractivity contribution is -0.125. The summed E-state index contributed by atoms with van der Waals surface area (Å²) in [6.45, 7) is 0.484. The van der Waals surface area contributed by atoms with Crippen molar-refractivity contribution < 1.29 is 28.2 Å². The van der Waals surface area contributed by atoms with Crippen LogP contribution in [0.4, 0.5) is 4.79 Å². The van der Waals surface area contributed by atoms with Crippen molar-refractivity contribution in [3.63, 3.8) is 0 Å². The molecule has 0 aliphatic carbocycles. The van der Waals surface area contributed by atoms with Crippen LogP contribution in [0.3, 0.4) is 0 Å². The maximum Gasteiger partial charge on any atom is 0.416 e. The summed E-state index contributed by atoms with van der Waals surface area (Å²) >= 11 is 1.06. The van der Waals surface area contributed by atoms with E-state index in [1.54, 1.807) is 25.3 Å². The Bertz CT molecular complexity index is 793. The fourth-order valence-corrected chi connectivity index (χ4v) is 2.81. The van der Waals surface area contributed by atoms with Crippen LogP contribution in [0.2, 0.25) is 0 Å². The maximum atomic E-state index is 11.9. The predicted molar refractivity (Wildman–Crippen MR) is 86.6 cm³/mol. The van der Waals surface area contributed by atoms with E-state index in [1.165, 1.54) is 7.11 Å². The molecule has 0 spiro atoms. The molecular weight excluding hydrogens is 350 g/mol. The topological polar surface area (TPSA) is 104 Å². The van der Waals surface area contributed by atoms with Gasteiger partial charge in [-0.25, -0.2) is 9.69 Å². The van der Waals surface area contributed by atoms with Crippen molar-refractivity contribution in [1.82, 2.24) is 15.1 Å². The molecule has 10 heteroatoms. The second kappa shape index (κ2) is 7.43. The first kappa shape index (κ1) is 17.1. The van der Waals surface area contributed by atoms with Gasteiger partial charge in [-0.3, -0.25) is 4.79 Å². The number of benzene rings is 1. The Balaban J connectivity index is 1.66. The fourth-order valence-electron chi connectivity index (χ4n) is 2.18. The van der Waals surface area contributed by atoms with E-state index in [-0.39, 0.29) is 35.9 Å². The summed E-state index contributed by atoms with van der Waals surface area (Å²) < 4.78 is 20.7. The summed E-state index contributed by atoms with van der Waals surface area (Å²) in [6.07, 6.45) is -0.623.